The minimum absolute atomic E-state index is 0.0160. The maximum Gasteiger partial charge on any atom is 0.281 e. The summed E-state index contributed by atoms with van der Waals surface area (Å²) in [6.45, 7) is 0. The number of nitrogens with zero attached hydrogens (tertiary/aromatic N) is 1. The van der Waals surface area contributed by atoms with E-state index in [2.05, 4.69) is 10.5 Å². The quantitative estimate of drug-likeness (QED) is 0.262. The predicted molar refractivity (Wildman–Crippen MR) is 134 cm³/mol. The highest BCUT2D eigenvalue weighted by Crippen LogP contribution is 2.30. The zero-order chi connectivity index (χ0) is 24.0. The lowest BCUT2D eigenvalue weighted by Gasteiger charge is -2.27. The average molecular weight is 471 g/mol. The molecule has 0 saturated heterocycles. The maximum atomic E-state index is 13.1. The number of hydrazone groups is 1. The summed E-state index contributed by atoms with van der Waals surface area (Å²) < 4.78 is 0. The fraction of sp³-hybridized carbons (Fsp3) is 0.0714. The summed E-state index contributed by atoms with van der Waals surface area (Å²) >= 11 is 6.26. The average Bonchev–Trinajstić information content (AvgIpc) is 2.87. The minimum atomic E-state index is -1.94. The van der Waals surface area contributed by atoms with Gasteiger partial charge < -0.3 is 10.2 Å². The van der Waals surface area contributed by atoms with Crippen molar-refractivity contribution in [1.29, 1.82) is 0 Å². The van der Waals surface area contributed by atoms with E-state index >= 15 is 0 Å². The molecule has 34 heavy (non-hydrogen) atoms. The molecule has 4 aromatic carbocycles. The van der Waals surface area contributed by atoms with E-state index < -0.39 is 11.5 Å². The van der Waals surface area contributed by atoms with Gasteiger partial charge in [0, 0.05) is 10.6 Å². The van der Waals surface area contributed by atoms with Gasteiger partial charge in [0.25, 0.3) is 5.91 Å². The van der Waals surface area contributed by atoms with Gasteiger partial charge in [0.15, 0.2) is 5.60 Å². The largest absolute Gasteiger partial charge is 0.507 e. The second-order valence-corrected chi connectivity index (χ2v) is 8.21. The van der Waals surface area contributed by atoms with Crippen molar-refractivity contribution in [1.82, 2.24) is 5.43 Å². The van der Waals surface area contributed by atoms with Crippen molar-refractivity contribution < 1.29 is 15.0 Å². The number of phenolic OH excluding ortho intramolecular Hbond substituents is 1. The van der Waals surface area contributed by atoms with E-state index in [0.717, 1.165) is 11.1 Å². The molecule has 0 aliphatic heterocycles. The molecule has 0 atom stereocenters. The number of nitrogens with one attached hydrogen (secondary N) is 1. The molecule has 4 rings (SSSR count). The molecule has 1 amide bonds. The van der Waals surface area contributed by atoms with Crippen LogP contribution in [0, 0.1) is 0 Å². The first-order valence-electron chi connectivity index (χ1n) is 10.7. The highest BCUT2D eigenvalue weighted by molar-refractivity contribution is 6.31. The molecule has 0 unspecified atom stereocenters. The second kappa shape index (κ2) is 10.3. The van der Waals surface area contributed by atoms with Gasteiger partial charge in [0.05, 0.1) is 6.21 Å². The third kappa shape index (κ3) is 5.01. The van der Waals surface area contributed by atoms with Crippen molar-refractivity contribution in [2.75, 3.05) is 0 Å². The van der Waals surface area contributed by atoms with Gasteiger partial charge >= 0.3 is 0 Å². The van der Waals surface area contributed by atoms with Gasteiger partial charge in [-0.05, 0) is 46.9 Å². The van der Waals surface area contributed by atoms with Crippen LogP contribution < -0.4 is 5.43 Å². The van der Waals surface area contributed by atoms with E-state index in [0.29, 0.717) is 28.1 Å². The normalized spacial score (nSPS) is 11.5. The Morgan fingerprint density at radius 3 is 2.09 bits per heavy atom. The van der Waals surface area contributed by atoms with Crippen LogP contribution in [0.4, 0.5) is 0 Å². The van der Waals surface area contributed by atoms with Crippen LogP contribution in [-0.4, -0.2) is 22.3 Å². The van der Waals surface area contributed by atoms with Crippen LogP contribution in [0.25, 0.3) is 0 Å². The van der Waals surface area contributed by atoms with E-state index in [4.69, 9.17) is 11.6 Å². The molecule has 0 heterocycles. The van der Waals surface area contributed by atoms with Gasteiger partial charge in [0.2, 0.25) is 0 Å². The Morgan fingerprint density at radius 2 is 1.47 bits per heavy atom. The lowest BCUT2D eigenvalue weighted by atomic mass is 9.85. The lowest BCUT2D eigenvalue weighted by molar-refractivity contribution is -0.136. The van der Waals surface area contributed by atoms with Crippen molar-refractivity contribution in [3.63, 3.8) is 0 Å². The summed E-state index contributed by atoms with van der Waals surface area (Å²) in [5.41, 5.74) is 3.62. The lowest BCUT2D eigenvalue weighted by Crippen LogP contribution is -2.43. The molecule has 0 bridgehead atoms. The van der Waals surface area contributed by atoms with E-state index in [1.165, 1.54) is 6.21 Å². The molecule has 0 aromatic heterocycles. The Hall–Kier alpha value is -3.93. The zero-order valence-electron chi connectivity index (χ0n) is 18.2. The monoisotopic (exact) mass is 470 g/mol. The Morgan fingerprint density at radius 1 is 0.882 bits per heavy atom. The van der Waals surface area contributed by atoms with Crippen LogP contribution in [0.2, 0.25) is 5.02 Å². The molecule has 3 N–H and O–H groups in total. The van der Waals surface area contributed by atoms with Crippen molar-refractivity contribution in [3.8, 4) is 5.75 Å². The van der Waals surface area contributed by atoms with Crippen LogP contribution in [0.1, 0.15) is 27.8 Å². The third-order valence-electron chi connectivity index (χ3n) is 5.53. The summed E-state index contributed by atoms with van der Waals surface area (Å²) in [6.07, 6.45) is 1.93. The van der Waals surface area contributed by atoms with Gasteiger partial charge in [-0.1, -0.05) is 96.5 Å². The first-order valence-corrected chi connectivity index (χ1v) is 11.1. The molecule has 4 aromatic rings. The number of phenols is 1. The summed E-state index contributed by atoms with van der Waals surface area (Å²) in [5.74, 6) is -0.699. The predicted octanol–water partition coefficient (Wildman–Crippen LogP) is 5.02. The number of amides is 1. The number of carbonyl (C=O) groups excluding carboxylic acids is 1. The van der Waals surface area contributed by atoms with Crippen molar-refractivity contribution in [2.24, 2.45) is 5.10 Å². The molecular formula is C28H23ClN2O3. The summed E-state index contributed by atoms with van der Waals surface area (Å²) in [5, 5.41) is 26.4. The third-order valence-corrected chi connectivity index (χ3v) is 5.89. The minimum Gasteiger partial charge on any atom is -0.507 e. The fourth-order valence-corrected chi connectivity index (χ4v) is 3.91. The summed E-state index contributed by atoms with van der Waals surface area (Å²) in [4.78, 5) is 13.1. The van der Waals surface area contributed by atoms with Crippen LogP contribution in [0.3, 0.4) is 0 Å². The highest BCUT2D eigenvalue weighted by atomic mass is 35.5. The van der Waals surface area contributed by atoms with Gasteiger partial charge in [0.1, 0.15) is 5.75 Å². The van der Waals surface area contributed by atoms with Crippen molar-refractivity contribution >= 4 is 23.7 Å². The van der Waals surface area contributed by atoms with Crippen LogP contribution in [-0.2, 0) is 16.8 Å². The van der Waals surface area contributed by atoms with Crippen LogP contribution >= 0.6 is 11.6 Å². The molecule has 0 aliphatic rings. The van der Waals surface area contributed by atoms with Gasteiger partial charge in [-0.2, -0.15) is 5.10 Å². The first-order chi connectivity index (χ1) is 16.5. The summed E-state index contributed by atoms with van der Waals surface area (Å²) in [7, 11) is 0. The van der Waals surface area contributed by atoms with E-state index in [1.807, 2.05) is 36.4 Å². The van der Waals surface area contributed by atoms with Crippen LogP contribution in [0.5, 0.6) is 5.75 Å². The smallest absolute Gasteiger partial charge is 0.281 e. The fourth-order valence-electron chi connectivity index (χ4n) is 3.71. The van der Waals surface area contributed by atoms with E-state index in [9.17, 15) is 15.0 Å². The number of carbonyl (C=O) groups is 1. The number of benzene rings is 4. The molecule has 0 spiro atoms. The Balaban J connectivity index is 1.56. The molecule has 0 radical (unpaired) electrons. The molecule has 0 saturated carbocycles. The molecule has 170 valence electrons. The van der Waals surface area contributed by atoms with Gasteiger partial charge in [-0.25, -0.2) is 5.43 Å². The maximum absolute atomic E-state index is 13.1. The van der Waals surface area contributed by atoms with Crippen molar-refractivity contribution in [3.05, 3.63) is 136 Å². The van der Waals surface area contributed by atoms with Crippen molar-refractivity contribution in [2.45, 2.75) is 12.0 Å². The zero-order valence-corrected chi connectivity index (χ0v) is 19.0. The first kappa shape index (κ1) is 23.2. The highest BCUT2D eigenvalue weighted by Gasteiger charge is 2.39. The number of aromatic hydroxyl groups is 1. The molecule has 0 aliphatic carbocycles. The number of aliphatic hydroxyl groups is 1. The number of hydrogen-bond acceptors (Lipinski definition) is 4. The number of rotatable bonds is 7. The second-order valence-electron chi connectivity index (χ2n) is 7.80. The topological polar surface area (TPSA) is 81.9 Å². The molecule has 0 fully saturated rings. The SMILES string of the molecule is O=C(NN=Cc1cc(Cc2ccccc2Cl)ccc1O)C(O)(c1ccccc1)c1ccccc1. The number of hydrogen-bond donors (Lipinski definition) is 3. The standard InChI is InChI=1S/C28H23ClN2O3/c29-25-14-8-7-9-21(25)17-20-15-16-26(32)22(18-20)19-30-31-27(33)28(34,23-10-3-1-4-11-23)24-12-5-2-6-13-24/h1-16,18-19,32,34H,17H2,(H,31,33). The van der Waals surface area contributed by atoms with Gasteiger partial charge in [-0.15, -0.1) is 0 Å². The van der Waals surface area contributed by atoms with Gasteiger partial charge in [-0.3, -0.25) is 4.79 Å². The molecule has 5 nitrogen and oxygen atoms in total. The Bertz CT molecular complexity index is 1270. The van der Waals surface area contributed by atoms with E-state index in [-0.39, 0.29) is 5.75 Å². The molecular weight excluding hydrogens is 448 g/mol. The Kier molecular flexibility index (Phi) is 7.07. The van der Waals surface area contributed by atoms with E-state index in [1.54, 1.807) is 66.7 Å². The summed E-state index contributed by atoms with van der Waals surface area (Å²) in [6, 6.07) is 30.1. The van der Waals surface area contributed by atoms with Crippen LogP contribution in [0.15, 0.2) is 108 Å². The Labute approximate surface area is 203 Å². The molecule has 6 heteroatoms. The number of halogens is 1.